The van der Waals surface area contributed by atoms with Gasteiger partial charge in [0.15, 0.2) is 0 Å². The molecule has 0 heterocycles. The van der Waals surface area contributed by atoms with Gasteiger partial charge in [0.2, 0.25) is 0 Å². The van der Waals surface area contributed by atoms with Gasteiger partial charge in [-0.05, 0) is 55.8 Å². The molecule has 0 aromatic heterocycles. The Morgan fingerprint density at radius 2 is 1.90 bits per heavy atom. The topological polar surface area (TPSA) is 46.5 Å². The molecule has 0 unspecified atom stereocenters. The molecule has 3 rings (SSSR count). The van der Waals surface area contributed by atoms with Crippen LogP contribution in [0.25, 0.3) is 0 Å². The molecule has 0 aromatic rings. The minimum atomic E-state index is -0.912. The molecule has 0 aromatic carbocycles. The highest BCUT2D eigenvalue weighted by atomic mass is 16.6. The summed E-state index contributed by atoms with van der Waals surface area (Å²) in [5, 5.41) is 11.4. The minimum Gasteiger partial charge on any atom is -0.459 e. The standard InChI is InChI=1S/C17H28O3/c1-10-6-7-17-13(10)8-12(15(17,3)4)9-14(16(17,5)19)20-11(2)18/h10,12-14,19H,6-9H2,1-5H3/t10-,12+,13+,14-,16+,17-/m0/s1. The van der Waals surface area contributed by atoms with Gasteiger partial charge in [0.05, 0.1) is 0 Å². The summed E-state index contributed by atoms with van der Waals surface area (Å²) >= 11 is 0. The molecule has 1 N–H and O–H groups in total. The molecule has 3 aliphatic carbocycles. The molecule has 0 amide bonds. The number of carbonyl (C=O) groups excluding carboxylic acids is 1. The van der Waals surface area contributed by atoms with Crippen LogP contribution in [0.3, 0.4) is 0 Å². The van der Waals surface area contributed by atoms with Gasteiger partial charge < -0.3 is 9.84 Å². The molecule has 1 spiro atoms. The van der Waals surface area contributed by atoms with E-state index >= 15 is 0 Å². The summed E-state index contributed by atoms with van der Waals surface area (Å²) in [6.45, 7) is 10.4. The molecule has 114 valence electrons. The van der Waals surface area contributed by atoms with Gasteiger partial charge >= 0.3 is 5.97 Å². The Labute approximate surface area is 122 Å². The average molecular weight is 280 g/mol. The first-order valence-corrected chi connectivity index (χ1v) is 8.04. The van der Waals surface area contributed by atoms with E-state index in [2.05, 4.69) is 20.8 Å². The van der Waals surface area contributed by atoms with Crippen molar-refractivity contribution in [3.05, 3.63) is 0 Å². The third-order valence-corrected chi connectivity index (χ3v) is 7.36. The van der Waals surface area contributed by atoms with Gasteiger partial charge in [-0.2, -0.15) is 0 Å². The molecule has 3 heteroatoms. The minimum absolute atomic E-state index is 0.0948. The Bertz CT molecular complexity index is 440. The van der Waals surface area contributed by atoms with Crippen molar-refractivity contribution in [3.63, 3.8) is 0 Å². The highest BCUT2D eigenvalue weighted by molar-refractivity contribution is 5.66. The molecule has 3 saturated carbocycles. The van der Waals surface area contributed by atoms with Crippen LogP contribution in [0.5, 0.6) is 0 Å². The number of aliphatic hydroxyl groups is 1. The Morgan fingerprint density at radius 3 is 2.50 bits per heavy atom. The fourth-order valence-electron chi connectivity index (χ4n) is 6.34. The van der Waals surface area contributed by atoms with Crippen molar-refractivity contribution in [2.75, 3.05) is 0 Å². The number of rotatable bonds is 1. The Hall–Kier alpha value is -0.570. The number of carbonyl (C=O) groups is 1. The van der Waals surface area contributed by atoms with Crippen molar-refractivity contribution in [3.8, 4) is 0 Å². The van der Waals surface area contributed by atoms with E-state index in [-0.39, 0.29) is 22.9 Å². The van der Waals surface area contributed by atoms with Crippen LogP contribution in [-0.2, 0) is 9.53 Å². The van der Waals surface area contributed by atoms with Crippen LogP contribution in [0.1, 0.15) is 60.3 Å². The monoisotopic (exact) mass is 280 g/mol. The van der Waals surface area contributed by atoms with Crippen LogP contribution in [0.4, 0.5) is 0 Å². The second-order valence-electron chi connectivity index (χ2n) is 8.23. The summed E-state index contributed by atoms with van der Waals surface area (Å²) in [5.74, 6) is 1.52. The van der Waals surface area contributed by atoms with E-state index in [4.69, 9.17) is 4.74 Å². The van der Waals surface area contributed by atoms with Crippen LogP contribution < -0.4 is 0 Å². The zero-order valence-electron chi connectivity index (χ0n) is 13.4. The zero-order valence-corrected chi connectivity index (χ0v) is 13.4. The van der Waals surface area contributed by atoms with Crippen molar-refractivity contribution in [2.45, 2.75) is 72.0 Å². The fraction of sp³-hybridized carbons (Fsp3) is 0.941. The third kappa shape index (κ3) is 1.43. The van der Waals surface area contributed by atoms with E-state index in [0.717, 1.165) is 12.8 Å². The SMILES string of the molecule is CC(=O)O[C@H]1C[C@H]2C[C@@H]3[C@@H](C)CC[C@]3(C2(C)C)[C@]1(C)O. The Morgan fingerprint density at radius 1 is 1.25 bits per heavy atom. The summed E-state index contributed by atoms with van der Waals surface area (Å²) in [6.07, 6.45) is 3.90. The maximum atomic E-state index is 11.4. The number of ether oxygens (including phenoxy) is 1. The number of fused-ring (bicyclic) bond motifs is 1. The molecule has 6 atom stereocenters. The summed E-state index contributed by atoms with van der Waals surface area (Å²) in [6, 6.07) is 0. The Balaban J connectivity index is 2.08. The van der Waals surface area contributed by atoms with Crippen molar-refractivity contribution in [1.29, 1.82) is 0 Å². The van der Waals surface area contributed by atoms with Gasteiger partial charge in [-0.25, -0.2) is 0 Å². The van der Waals surface area contributed by atoms with Gasteiger partial charge in [0.25, 0.3) is 0 Å². The number of hydrogen-bond donors (Lipinski definition) is 1. The summed E-state index contributed by atoms with van der Waals surface area (Å²) in [5.41, 5.74) is -0.879. The van der Waals surface area contributed by atoms with Gasteiger partial charge in [0, 0.05) is 12.3 Å². The quantitative estimate of drug-likeness (QED) is 0.751. The molecular weight excluding hydrogens is 252 g/mol. The average Bonchev–Trinajstić information content (AvgIpc) is 2.71. The van der Waals surface area contributed by atoms with E-state index in [1.165, 1.54) is 19.8 Å². The lowest BCUT2D eigenvalue weighted by Crippen LogP contribution is -2.64. The van der Waals surface area contributed by atoms with Crippen LogP contribution >= 0.6 is 0 Å². The highest BCUT2D eigenvalue weighted by Gasteiger charge is 2.75. The second-order valence-corrected chi connectivity index (χ2v) is 8.23. The molecule has 0 aliphatic heterocycles. The second kappa shape index (κ2) is 4.00. The van der Waals surface area contributed by atoms with Crippen molar-refractivity contribution < 1.29 is 14.6 Å². The number of hydrogen-bond acceptors (Lipinski definition) is 3. The maximum Gasteiger partial charge on any atom is 0.303 e. The maximum absolute atomic E-state index is 11.4. The van der Waals surface area contributed by atoms with E-state index in [1.54, 1.807) is 0 Å². The summed E-state index contributed by atoms with van der Waals surface area (Å²) < 4.78 is 5.53. The van der Waals surface area contributed by atoms with Gasteiger partial charge in [-0.15, -0.1) is 0 Å². The van der Waals surface area contributed by atoms with Gasteiger partial charge in [-0.3, -0.25) is 4.79 Å². The molecular formula is C17H28O3. The third-order valence-electron chi connectivity index (χ3n) is 7.36. The molecule has 3 aliphatic rings. The van der Waals surface area contributed by atoms with Crippen LogP contribution in [0.2, 0.25) is 0 Å². The summed E-state index contributed by atoms with van der Waals surface area (Å²) in [4.78, 5) is 11.4. The largest absolute Gasteiger partial charge is 0.459 e. The van der Waals surface area contributed by atoms with E-state index in [0.29, 0.717) is 17.8 Å². The lowest BCUT2D eigenvalue weighted by Gasteiger charge is -2.59. The molecule has 3 fully saturated rings. The van der Waals surface area contributed by atoms with Crippen LogP contribution in [-0.4, -0.2) is 22.8 Å². The first kappa shape index (κ1) is 14.4. The molecule has 20 heavy (non-hydrogen) atoms. The first-order chi connectivity index (χ1) is 9.14. The van der Waals surface area contributed by atoms with Crippen molar-refractivity contribution >= 4 is 5.97 Å². The lowest BCUT2D eigenvalue weighted by atomic mass is 9.49. The van der Waals surface area contributed by atoms with Crippen LogP contribution in [0.15, 0.2) is 0 Å². The van der Waals surface area contributed by atoms with Gasteiger partial charge in [0.1, 0.15) is 11.7 Å². The van der Waals surface area contributed by atoms with E-state index in [9.17, 15) is 9.90 Å². The highest BCUT2D eigenvalue weighted by Crippen LogP contribution is 2.75. The van der Waals surface area contributed by atoms with Crippen molar-refractivity contribution in [1.82, 2.24) is 0 Å². The predicted octanol–water partition coefficient (Wildman–Crippen LogP) is 3.15. The van der Waals surface area contributed by atoms with Gasteiger partial charge in [-0.1, -0.05) is 20.8 Å². The van der Waals surface area contributed by atoms with E-state index < -0.39 is 5.60 Å². The lowest BCUT2D eigenvalue weighted by molar-refractivity contribution is -0.234. The normalized spacial score (nSPS) is 52.7. The van der Waals surface area contributed by atoms with Crippen molar-refractivity contribution in [2.24, 2.45) is 28.6 Å². The fourth-order valence-corrected chi connectivity index (χ4v) is 6.34. The summed E-state index contributed by atoms with van der Waals surface area (Å²) in [7, 11) is 0. The number of esters is 1. The molecule has 3 nitrogen and oxygen atoms in total. The van der Waals surface area contributed by atoms with E-state index in [1.807, 2.05) is 6.92 Å². The first-order valence-electron chi connectivity index (χ1n) is 8.04. The predicted molar refractivity (Wildman–Crippen MR) is 77.0 cm³/mol. The molecule has 0 saturated heterocycles. The molecule has 2 bridgehead atoms. The van der Waals surface area contributed by atoms with Crippen LogP contribution in [0, 0.1) is 28.6 Å². The zero-order chi connectivity index (χ0) is 14.9. The molecule has 0 radical (unpaired) electrons. The Kier molecular flexibility index (Phi) is 2.87. The smallest absolute Gasteiger partial charge is 0.303 e.